The third-order valence-electron chi connectivity index (χ3n) is 4.26. The zero-order valence-electron chi connectivity index (χ0n) is 11.4. The minimum atomic E-state index is -3.10. The first-order chi connectivity index (χ1) is 8.44. The van der Waals surface area contributed by atoms with Crippen LogP contribution in [0.4, 0.5) is 0 Å². The highest BCUT2D eigenvalue weighted by molar-refractivity contribution is 7.89. The van der Waals surface area contributed by atoms with E-state index in [1.165, 1.54) is 13.5 Å². The largest absolute Gasteiger partial charge is 0.316 e. The van der Waals surface area contributed by atoms with E-state index in [-0.39, 0.29) is 11.8 Å². The topological polar surface area (TPSA) is 61.4 Å². The molecular weight excluding hydrogens is 250 g/mol. The van der Waals surface area contributed by atoms with Crippen molar-refractivity contribution in [3.8, 4) is 0 Å². The summed E-state index contributed by atoms with van der Waals surface area (Å²) in [6.45, 7) is 6.50. The minimum Gasteiger partial charge on any atom is -0.316 e. The van der Waals surface area contributed by atoms with E-state index in [1.807, 2.05) is 0 Å². The highest BCUT2D eigenvalue weighted by Crippen LogP contribution is 2.29. The number of hydrogen-bond acceptors (Lipinski definition) is 4. The van der Waals surface area contributed by atoms with Gasteiger partial charge in [-0.25, -0.2) is 13.1 Å². The van der Waals surface area contributed by atoms with Crippen LogP contribution in [0.5, 0.6) is 0 Å². The molecule has 0 aromatic carbocycles. The van der Waals surface area contributed by atoms with Gasteiger partial charge in [0, 0.05) is 19.1 Å². The van der Waals surface area contributed by atoms with E-state index in [0.717, 1.165) is 39.0 Å². The van der Waals surface area contributed by atoms with E-state index < -0.39 is 10.0 Å². The predicted molar refractivity (Wildman–Crippen MR) is 73.0 cm³/mol. The van der Waals surface area contributed by atoms with Gasteiger partial charge >= 0.3 is 0 Å². The fourth-order valence-corrected chi connectivity index (χ4v) is 4.17. The van der Waals surface area contributed by atoms with Crippen LogP contribution in [-0.4, -0.2) is 58.3 Å². The Morgan fingerprint density at radius 2 is 2.28 bits per heavy atom. The predicted octanol–water partition coefficient (Wildman–Crippen LogP) is -0.000400. The fourth-order valence-electron chi connectivity index (χ4n) is 3.12. The van der Waals surface area contributed by atoms with E-state index in [9.17, 15) is 8.42 Å². The van der Waals surface area contributed by atoms with Crippen LogP contribution < -0.4 is 10.0 Å². The van der Waals surface area contributed by atoms with Gasteiger partial charge in [0.2, 0.25) is 10.0 Å². The van der Waals surface area contributed by atoms with Crippen LogP contribution in [0.2, 0.25) is 0 Å². The van der Waals surface area contributed by atoms with Gasteiger partial charge in [-0.3, -0.25) is 4.90 Å². The molecule has 2 saturated heterocycles. The zero-order chi connectivity index (χ0) is 13.2. The second-order valence-corrected chi connectivity index (χ2v) is 7.96. The standard InChI is InChI=1S/C12H25N3O2S/c1-12(5-6-14-9-12)10-15-7-3-4-11(15)8-18(16,17)13-2/h11,13-14H,3-10H2,1-2H3. The van der Waals surface area contributed by atoms with Gasteiger partial charge in [-0.1, -0.05) is 6.92 Å². The van der Waals surface area contributed by atoms with Crippen LogP contribution >= 0.6 is 0 Å². The summed E-state index contributed by atoms with van der Waals surface area (Å²) in [7, 11) is -1.60. The quantitative estimate of drug-likeness (QED) is 0.741. The lowest BCUT2D eigenvalue weighted by molar-refractivity contribution is 0.173. The van der Waals surface area contributed by atoms with Crippen LogP contribution in [0, 0.1) is 5.41 Å². The summed E-state index contributed by atoms with van der Waals surface area (Å²) in [6, 6.07) is 0.194. The van der Waals surface area contributed by atoms with Crippen molar-refractivity contribution >= 4 is 10.0 Å². The molecule has 2 fully saturated rings. The van der Waals surface area contributed by atoms with Crippen molar-refractivity contribution in [3.05, 3.63) is 0 Å². The summed E-state index contributed by atoms with van der Waals surface area (Å²) < 4.78 is 25.8. The van der Waals surface area contributed by atoms with E-state index in [2.05, 4.69) is 21.9 Å². The number of nitrogens with zero attached hydrogens (tertiary/aromatic N) is 1. The highest BCUT2D eigenvalue weighted by Gasteiger charge is 2.36. The van der Waals surface area contributed by atoms with Crippen LogP contribution in [0.3, 0.4) is 0 Å². The molecule has 2 rings (SSSR count). The molecular formula is C12H25N3O2S. The van der Waals surface area contributed by atoms with Gasteiger partial charge in [-0.2, -0.15) is 0 Å². The lowest BCUT2D eigenvalue weighted by Gasteiger charge is -2.33. The maximum Gasteiger partial charge on any atom is 0.212 e. The molecule has 2 aliphatic heterocycles. The molecule has 0 aromatic rings. The molecule has 106 valence electrons. The zero-order valence-corrected chi connectivity index (χ0v) is 12.2. The summed E-state index contributed by atoms with van der Waals surface area (Å²) in [5.41, 5.74) is 0.312. The molecule has 18 heavy (non-hydrogen) atoms. The molecule has 6 heteroatoms. The third-order valence-corrected chi connectivity index (χ3v) is 5.71. The molecule has 0 spiro atoms. The molecule has 2 N–H and O–H groups in total. The smallest absolute Gasteiger partial charge is 0.212 e. The SMILES string of the molecule is CNS(=O)(=O)CC1CCCN1CC1(C)CCNC1. The summed E-state index contributed by atoms with van der Waals surface area (Å²) >= 11 is 0. The molecule has 0 amide bonds. The fraction of sp³-hybridized carbons (Fsp3) is 1.00. The Morgan fingerprint density at radius 3 is 2.89 bits per heavy atom. The van der Waals surface area contributed by atoms with Crippen molar-refractivity contribution in [2.24, 2.45) is 5.41 Å². The van der Waals surface area contributed by atoms with E-state index in [1.54, 1.807) is 0 Å². The maximum atomic E-state index is 11.7. The average Bonchev–Trinajstić information content (AvgIpc) is 2.90. The summed E-state index contributed by atoms with van der Waals surface area (Å²) in [4.78, 5) is 2.38. The molecule has 2 atom stereocenters. The van der Waals surface area contributed by atoms with Crippen molar-refractivity contribution in [2.75, 3.05) is 39.0 Å². The number of hydrogen-bond donors (Lipinski definition) is 2. The summed E-state index contributed by atoms with van der Waals surface area (Å²) in [6.07, 6.45) is 3.31. The first-order valence-electron chi connectivity index (χ1n) is 6.80. The molecule has 2 unspecified atom stereocenters. The van der Waals surface area contributed by atoms with Crippen molar-refractivity contribution in [1.29, 1.82) is 0 Å². The Balaban J connectivity index is 1.95. The second-order valence-electron chi connectivity index (χ2n) is 5.99. The van der Waals surface area contributed by atoms with Crippen LogP contribution in [-0.2, 0) is 10.0 Å². The molecule has 0 aliphatic carbocycles. The van der Waals surface area contributed by atoms with E-state index in [4.69, 9.17) is 0 Å². The highest BCUT2D eigenvalue weighted by atomic mass is 32.2. The van der Waals surface area contributed by atoms with Crippen molar-refractivity contribution < 1.29 is 8.42 Å². The number of sulfonamides is 1. The lowest BCUT2D eigenvalue weighted by Crippen LogP contribution is -2.44. The summed E-state index contributed by atoms with van der Waals surface area (Å²) in [5.74, 6) is 0.243. The monoisotopic (exact) mass is 275 g/mol. The molecule has 0 bridgehead atoms. The van der Waals surface area contributed by atoms with Gasteiger partial charge in [-0.05, 0) is 44.8 Å². The van der Waals surface area contributed by atoms with Crippen LogP contribution in [0.1, 0.15) is 26.2 Å². The van der Waals surface area contributed by atoms with Crippen LogP contribution in [0.15, 0.2) is 0 Å². The van der Waals surface area contributed by atoms with Gasteiger partial charge in [-0.15, -0.1) is 0 Å². The molecule has 0 aromatic heterocycles. The van der Waals surface area contributed by atoms with Gasteiger partial charge in [0.05, 0.1) is 5.75 Å². The first-order valence-corrected chi connectivity index (χ1v) is 8.45. The Hall–Kier alpha value is -0.170. The first kappa shape index (κ1) is 14.2. The molecule has 2 aliphatic rings. The number of likely N-dealkylation sites (tertiary alicyclic amines) is 1. The lowest BCUT2D eigenvalue weighted by atomic mass is 9.89. The minimum absolute atomic E-state index is 0.194. The number of rotatable bonds is 5. The maximum absolute atomic E-state index is 11.7. The Labute approximate surface area is 110 Å². The summed E-state index contributed by atoms with van der Waals surface area (Å²) in [5, 5.41) is 3.40. The normalized spacial score (nSPS) is 34.2. The van der Waals surface area contributed by atoms with Crippen molar-refractivity contribution in [3.63, 3.8) is 0 Å². The van der Waals surface area contributed by atoms with Crippen molar-refractivity contribution in [2.45, 2.75) is 32.2 Å². The number of nitrogens with one attached hydrogen (secondary N) is 2. The Morgan fingerprint density at radius 1 is 1.50 bits per heavy atom. The van der Waals surface area contributed by atoms with Crippen molar-refractivity contribution in [1.82, 2.24) is 14.9 Å². The third kappa shape index (κ3) is 3.44. The Bertz CT molecular complexity index is 377. The van der Waals surface area contributed by atoms with Gasteiger partial charge in [0.25, 0.3) is 0 Å². The van der Waals surface area contributed by atoms with E-state index >= 15 is 0 Å². The van der Waals surface area contributed by atoms with Gasteiger partial charge < -0.3 is 5.32 Å². The average molecular weight is 275 g/mol. The second kappa shape index (κ2) is 5.45. The van der Waals surface area contributed by atoms with Crippen LogP contribution in [0.25, 0.3) is 0 Å². The van der Waals surface area contributed by atoms with Gasteiger partial charge in [0.15, 0.2) is 0 Å². The molecule has 0 radical (unpaired) electrons. The molecule has 0 saturated carbocycles. The molecule has 2 heterocycles. The molecule has 5 nitrogen and oxygen atoms in total. The van der Waals surface area contributed by atoms with Gasteiger partial charge in [0.1, 0.15) is 0 Å². The Kier molecular flexibility index (Phi) is 4.31. The van der Waals surface area contributed by atoms with E-state index in [0.29, 0.717) is 5.41 Å².